The average Bonchev–Trinajstić information content (AvgIpc) is 3.68. The third-order valence-corrected chi connectivity index (χ3v) is 11.5. The number of aliphatic carboxylic acids is 1. The van der Waals surface area contributed by atoms with Gasteiger partial charge >= 0.3 is 12.1 Å². The lowest BCUT2D eigenvalue weighted by Crippen LogP contribution is -2.55. The number of nitrogens with zero attached hydrogens (tertiary/aromatic N) is 6. The molecule has 16 nitrogen and oxygen atoms in total. The minimum absolute atomic E-state index is 0.0126. The monoisotopic (exact) mass is 860 g/mol. The summed E-state index contributed by atoms with van der Waals surface area (Å²) < 4.78 is 17.5. The van der Waals surface area contributed by atoms with E-state index >= 15 is 0 Å². The van der Waals surface area contributed by atoms with Gasteiger partial charge in [0.2, 0.25) is 17.7 Å². The van der Waals surface area contributed by atoms with Crippen LogP contribution in [0.2, 0.25) is 0 Å². The number of likely N-dealkylation sites (N-methyl/N-ethyl adjacent to an activating group) is 3. The Kier molecular flexibility index (Phi) is 21.0. The highest BCUT2D eigenvalue weighted by molar-refractivity contribution is 5.88. The summed E-state index contributed by atoms with van der Waals surface area (Å²) in [6.07, 6.45) is 0.355. The molecular weight excluding hydrogens is 783 g/mol. The fraction of sp³-hybridized carbons (Fsp3) is 0.733. The Labute approximate surface area is 365 Å². The second-order valence-corrected chi connectivity index (χ2v) is 18.0. The maximum absolute atomic E-state index is 14.6. The average molecular weight is 860 g/mol. The highest BCUT2D eigenvalue weighted by Gasteiger charge is 2.43. The van der Waals surface area contributed by atoms with Gasteiger partial charge in [-0.15, -0.1) is 0 Å². The molecule has 8 atom stereocenters. The number of carboxylic acids is 1. The van der Waals surface area contributed by atoms with E-state index in [0.717, 1.165) is 12.0 Å². The SMILES string of the molecule is CCC(C)C(C(CC(=O)N1CCC[C@H]1C(OC)C(C)C(=O)NC(Cc1ccccc1)C(=O)O)OC)N(C)C(=O)C(N=C(N(C)C)N(C)CCN(C)C(=O)OC(C)(C)C)C(C)C. The van der Waals surface area contributed by atoms with Crippen LogP contribution >= 0.6 is 0 Å². The van der Waals surface area contributed by atoms with Gasteiger partial charge in [0.1, 0.15) is 17.7 Å². The molecule has 7 unspecified atom stereocenters. The number of likely N-dealkylation sites (tertiary alicyclic amines) is 1. The normalized spacial score (nSPS) is 18.0. The predicted molar refractivity (Wildman–Crippen MR) is 237 cm³/mol. The summed E-state index contributed by atoms with van der Waals surface area (Å²) >= 11 is 0. The molecule has 1 aliphatic rings. The van der Waals surface area contributed by atoms with Gasteiger partial charge in [-0.1, -0.05) is 71.4 Å². The van der Waals surface area contributed by atoms with E-state index in [4.69, 9.17) is 19.2 Å². The second-order valence-electron chi connectivity index (χ2n) is 18.0. The van der Waals surface area contributed by atoms with Crippen LogP contribution in [0.1, 0.15) is 86.6 Å². The molecule has 0 aliphatic carbocycles. The van der Waals surface area contributed by atoms with Crippen LogP contribution in [0, 0.1) is 17.8 Å². The minimum Gasteiger partial charge on any atom is -0.480 e. The highest BCUT2D eigenvalue weighted by atomic mass is 16.6. The van der Waals surface area contributed by atoms with Crippen molar-refractivity contribution in [1.82, 2.24) is 29.8 Å². The lowest BCUT2D eigenvalue weighted by atomic mass is 9.89. The van der Waals surface area contributed by atoms with Crippen molar-refractivity contribution in [3.05, 3.63) is 35.9 Å². The molecule has 0 radical (unpaired) electrons. The van der Waals surface area contributed by atoms with E-state index in [-0.39, 0.29) is 36.5 Å². The van der Waals surface area contributed by atoms with Crippen molar-refractivity contribution < 1.29 is 43.3 Å². The zero-order valence-corrected chi connectivity index (χ0v) is 39.6. The van der Waals surface area contributed by atoms with Gasteiger partial charge in [0.15, 0.2) is 5.96 Å². The number of carboxylic acid groups (broad SMARTS) is 1. The molecule has 1 aliphatic heterocycles. The van der Waals surface area contributed by atoms with E-state index in [1.807, 2.05) is 110 Å². The molecule has 1 aromatic carbocycles. The number of nitrogens with one attached hydrogen (secondary N) is 1. The molecular formula is C45H77N7O9. The molecule has 61 heavy (non-hydrogen) atoms. The number of carbonyl (C=O) groups is 5. The van der Waals surface area contributed by atoms with Crippen molar-refractivity contribution in [3.63, 3.8) is 0 Å². The summed E-state index contributed by atoms with van der Waals surface area (Å²) in [4.78, 5) is 80.9. The van der Waals surface area contributed by atoms with Crippen molar-refractivity contribution in [2.75, 3.05) is 69.1 Å². The first-order valence-electron chi connectivity index (χ1n) is 21.6. The maximum Gasteiger partial charge on any atom is 0.410 e. The molecule has 0 saturated carbocycles. The Morgan fingerprint density at radius 1 is 0.934 bits per heavy atom. The molecule has 0 spiro atoms. The number of rotatable bonds is 21. The third kappa shape index (κ3) is 15.5. The summed E-state index contributed by atoms with van der Waals surface area (Å²) in [5.74, 6) is -2.43. The molecule has 16 heteroatoms. The van der Waals surface area contributed by atoms with Gasteiger partial charge < -0.3 is 49.1 Å². The van der Waals surface area contributed by atoms with Crippen molar-refractivity contribution >= 4 is 35.7 Å². The molecule has 2 rings (SSSR count). The number of amides is 4. The molecule has 1 saturated heterocycles. The fourth-order valence-electron chi connectivity index (χ4n) is 7.87. The Balaban J connectivity index is 2.31. The quantitative estimate of drug-likeness (QED) is 0.132. The van der Waals surface area contributed by atoms with E-state index in [2.05, 4.69) is 5.32 Å². The summed E-state index contributed by atoms with van der Waals surface area (Å²) in [5, 5.41) is 12.6. The number of carbonyl (C=O) groups excluding carboxylic acids is 4. The van der Waals surface area contributed by atoms with Crippen LogP contribution in [0.25, 0.3) is 0 Å². The van der Waals surface area contributed by atoms with Crippen molar-refractivity contribution in [2.24, 2.45) is 22.7 Å². The van der Waals surface area contributed by atoms with Gasteiger partial charge in [-0.2, -0.15) is 0 Å². The van der Waals surface area contributed by atoms with E-state index in [1.165, 1.54) is 12.0 Å². The van der Waals surface area contributed by atoms with Crippen LogP contribution in [0.15, 0.2) is 35.3 Å². The number of ether oxygens (including phenoxy) is 3. The zero-order valence-electron chi connectivity index (χ0n) is 39.6. The Hall–Kier alpha value is -4.44. The van der Waals surface area contributed by atoms with E-state index in [0.29, 0.717) is 38.4 Å². The fourth-order valence-corrected chi connectivity index (χ4v) is 7.87. The molecule has 1 aromatic rings. The first kappa shape index (κ1) is 52.7. The van der Waals surface area contributed by atoms with Gasteiger partial charge in [0.25, 0.3) is 0 Å². The van der Waals surface area contributed by atoms with Crippen LogP contribution in [-0.2, 0) is 39.8 Å². The summed E-state index contributed by atoms with van der Waals surface area (Å²) in [6.45, 7) is 16.4. The molecule has 0 aromatic heterocycles. The summed E-state index contributed by atoms with van der Waals surface area (Å²) in [7, 11) is 12.1. The standard InChI is InChI=1S/C45H77N7O9/c1-16-30(4)38(51(13)41(55)37(29(2)3)47-43(48(9)10)49(11)25-26-50(12)44(58)61-45(6,7)8)35(59-14)28-36(53)52-24-20-23-34(52)39(60-15)31(5)40(54)46-33(42(56)57)27-32-21-18-17-19-22-32/h17-19,21-22,29-31,33-35,37-39H,16,20,23-28H2,1-15H3,(H,46,54)(H,56,57)/t30?,31?,33?,34-,35?,37?,38?,39?/m0/s1. The summed E-state index contributed by atoms with van der Waals surface area (Å²) in [5.41, 5.74) is 0.165. The second kappa shape index (κ2) is 24.3. The summed E-state index contributed by atoms with van der Waals surface area (Å²) in [6, 6.07) is 6.30. The van der Waals surface area contributed by atoms with Crippen molar-refractivity contribution in [2.45, 2.75) is 129 Å². The molecule has 4 amide bonds. The maximum atomic E-state index is 14.6. The van der Waals surface area contributed by atoms with E-state index in [9.17, 15) is 29.1 Å². The number of hydrogen-bond acceptors (Lipinski definition) is 9. The molecule has 1 heterocycles. The van der Waals surface area contributed by atoms with Gasteiger partial charge in [0.05, 0.1) is 36.6 Å². The van der Waals surface area contributed by atoms with Gasteiger partial charge in [-0.3, -0.25) is 14.4 Å². The zero-order chi connectivity index (χ0) is 46.4. The number of hydrogen-bond donors (Lipinski definition) is 2. The van der Waals surface area contributed by atoms with Crippen molar-refractivity contribution in [3.8, 4) is 0 Å². The molecule has 1 fully saturated rings. The van der Waals surface area contributed by atoms with E-state index < -0.39 is 65.9 Å². The van der Waals surface area contributed by atoms with Crippen LogP contribution in [0.5, 0.6) is 0 Å². The smallest absolute Gasteiger partial charge is 0.410 e. The van der Waals surface area contributed by atoms with E-state index in [1.54, 1.807) is 37.9 Å². The lowest BCUT2D eigenvalue weighted by molar-refractivity contribution is -0.147. The number of methoxy groups -OCH3 is 2. The van der Waals surface area contributed by atoms with Gasteiger partial charge in [-0.05, 0) is 51.0 Å². The molecule has 2 N–H and O–H groups in total. The van der Waals surface area contributed by atoms with Crippen LogP contribution < -0.4 is 5.32 Å². The Morgan fingerprint density at radius 2 is 1.54 bits per heavy atom. The largest absolute Gasteiger partial charge is 0.480 e. The first-order valence-corrected chi connectivity index (χ1v) is 21.6. The van der Waals surface area contributed by atoms with Gasteiger partial charge in [-0.25, -0.2) is 14.6 Å². The molecule has 346 valence electrons. The van der Waals surface area contributed by atoms with Gasteiger partial charge in [0, 0.05) is 75.5 Å². The number of guanidine groups is 1. The van der Waals surface area contributed by atoms with Crippen molar-refractivity contribution in [1.29, 1.82) is 0 Å². The van der Waals surface area contributed by atoms with Crippen LogP contribution in [0.4, 0.5) is 4.79 Å². The minimum atomic E-state index is -1.14. The molecule has 0 bridgehead atoms. The Bertz CT molecular complexity index is 1600. The first-order chi connectivity index (χ1) is 28.5. The number of aliphatic imine (C=N–C) groups is 1. The van der Waals surface area contributed by atoms with Crippen LogP contribution in [0.3, 0.4) is 0 Å². The van der Waals surface area contributed by atoms with Crippen LogP contribution in [-0.4, -0.2) is 176 Å². The third-order valence-electron chi connectivity index (χ3n) is 11.5. The number of benzene rings is 1. The Morgan fingerprint density at radius 3 is 2.05 bits per heavy atom. The predicted octanol–water partition coefficient (Wildman–Crippen LogP) is 4.46. The topological polar surface area (TPSA) is 174 Å². The lowest BCUT2D eigenvalue weighted by Gasteiger charge is -2.40. The highest BCUT2D eigenvalue weighted by Crippen LogP contribution is 2.30.